The van der Waals surface area contributed by atoms with Crippen LogP contribution in [-0.2, 0) is 11.2 Å². The molecule has 0 amide bonds. The van der Waals surface area contributed by atoms with E-state index in [1.807, 2.05) is 7.05 Å². The Morgan fingerprint density at radius 1 is 1.28 bits per heavy atom. The van der Waals surface area contributed by atoms with Gasteiger partial charge in [-0.25, -0.2) is 0 Å². The summed E-state index contributed by atoms with van der Waals surface area (Å²) in [7, 11) is 6.04. The number of aliphatic imine (C=N–C) groups is 1. The molecule has 1 atom stereocenters. The van der Waals surface area contributed by atoms with Crippen LogP contribution in [-0.4, -0.2) is 64.9 Å². The molecule has 1 spiro atoms. The van der Waals surface area contributed by atoms with Crippen molar-refractivity contribution in [1.82, 2.24) is 10.2 Å². The zero-order chi connectivity index (χ0) is 17.7. The van der Waals surface area contributed by atoms with Crippen LogP contribution in [0.1, 0.15) is 24.8 Å². The maximum absolute atomic E-state index is 5.62. The third-order valence-corrected chi connectivity index (χ3v) is 5.51. The van der Waals surface area contributed by atoms with Crippen molar-refractivity contribution in [2.45, 2.75) is 25.7 Å². The van der Waals surface area contributed by atoms with Crippen LogP contribution in [0, 0.1) is 5.41 Å². The molecule has 2 aliphatic rings. The largest absolute Gasteiger partial charge is 0.381 e. The summed E-state index contributed by atoms with van der Waals surface area (Å²) in [5.41, 5.74) is 3.03. The van der Waals surface area contributed by atoms with E-state index in [0.29, 0.717) is 5.41 Å². The van der Waals surface area contributed by atoms with Crippen molar-refractivity contribution < 1.29 is 4.74 Å². The highest BCUT2D eigenvalue weighted by atomic mass is 16.5. The van der Waals surface area contributed by atoms with Crippen LogP contribution in [0.2, 0.25) is 0 Å². The molecule has 3 rings (SSSR count). The van der Waals surface area contributed by atoms with E-state index in [2.05, 4.69) is 58.5 Å². The Kier molecular flexibility index (Phi) is 5.84. The molecule has 2 fully saturated rings. The molecule has 0 bridgehead atoms. The van der Waals surface area contributed by atoms with Gasteiger partial charge in [0, 0.05) is 58.5 Å². The number of likely N-dealkylation sites (tertiary alicyclic amines) is 1. The summed E-state index contributed by atoms with van der Waals surface area (Å²) in [6, 6.07) is 8.84. The number of hydrogen-bond acceptors (Lipinski definition) is 3. The number of hydrogen-bond donors (Lipinski definition) is 1. The van der Waals surface area contributed by atoms with Crippen molar-refractivity contribution in [3.8, 4) is 0 Å². The van der Waals surface area contributed by atoms with Crippen LogP contribution in [0.3, 0.4) is 0 Å². The Morgan fingerprint density at radius 2 is 2.08 bits per heavy atom. The molecule has 1 aromatic rings. The second-order valence-electron chi connectivity index (χ2n) is 7.61. The van der Waals surface area contributed by atoms with Crippen LogP contribution in [0.25, 0.3) is 0 Å². The summed E-state index contributed by atoms with van der Waals surface area (Å²) in [5.74, 6) is 1.05. The van der Waals surface area contributed by atoms with Crippen molar-refractivity contribution >= 4 is 11.6 Å². The number of aryl methyl sites for hydroxylation is 1. The molecule has 1 N–H and O–H groups in total. The molecule has 25 heavy (non-hydrogen) atoms. The fourth-order valence-corrected chi connectivity index (χ4v) is 3.87. The Bertz CT molecular complexity index is 576. The smallest absolute Gasteiger partial charge is 0.193 e. The average Bonchev–Trinajstić information content (AvgIpc) is 3.25. The predicted octanol–water partition coefficient (Wildman–Crippen LogP) is 2.37. The molecule has 0 saturated carbocycles. The lowest BCUT2D eigenvalue weighted by Crippen LogP contribution is -2.41. The quantitative estimate of drug-likeness (QED) is 0.506. The van der Waals surface area contributed by atoms with Crippen LogP contribution in [0.4, 0.5) is 5.69 Å². The van der Waals surface area contributed by atoms with Crippen molar-refractivity contribution in [2.75, 3.05) is 58.9 Å². The minimum absolute atomic E-state index is 0.381. The summed E-state index contributed by atoms with van der Waals surface area (Å²) in [5, 5.41) is 3.54. The van der Waals surface area contributed by atoms with Crippen LogP contribution in [0.5, 0.6) is 0 Å². The lowest BCUT2D eigenvalue weighted by atomic mass is 9.87. The fourth-order valence-electron chi connectivity index (χ4n) is 3.87. The van der Waals surface area contributed by atoms with Gasteiger partial charge in [0.15, 0.2) is 5.96 Å². The van der Waals surface area contributed by atoms with Gasteiger partial charge in [0.2, 0.25) is 0 Å². The van der Waals surface area contributed by atoms with E-state index >= 15 is 0 Å². The Labute approximate surface area is 152 Å². The van der Waals surface area contributed by atoms with Crippen molar-refractivity contribution in [3.05, 3.63) is 29.8 Å². The molecule has 5 heteroatoms. The Balaban J connectivity index is 1.41. The van der Waals surface area contributed by atoms with Crippen LogP contribution in [0.15, 0.2) is 29.3 Å². The van der Waals surface area contributed by atoms with Gasteiger partial charge in [-0.15, -0.1) is 0 Å². The van der Waals surface area contributed by atoms with E-state index in [1.165, 1.54) is 24.1 Å². The molecule has 5 nitrogen and oxygen atoms in total. The number of guanidine groups is 1. The highest BCUT2D eigenvalue weighted by Crippen LogP contribution is 2.38. The van der Waals surface area contributed by atoms with Gasteiger partial charge in [0.25, 0.3) is 0 Å². The predicted molar refractivity (Wildman–Crippen MR) is 105 cm³/mol. The lowest BCUT2D eigenvalue weighted by molar-refractivity contribution is 0.156. The minimum Gasteiger partial charge on any atom is -0.381 e. The highest BCUT2D eigenvalue weighted by molar-refractivity contribution is 5.80. The van der Waals surface area contributed by atoms with Crippen molar-refractivity contribution in [1.29, 1.82) is 0 Å². The minimum atomic E-state index is 0.381. The number of benzene rings is 1. The molecular formula is C20H32N4O. The normalized spacial score (nSPS) is 23.5. The van der Waals surface area contributed by atoms with Gasteiger partial charge in [-0.2, -0.15) is 0 Å². The van der Waals surface area contributed by atoms with E-state index in [4.69, 9.17) is 4.74 Å². The number of nitrogens with zero attached hydrogens (tertiary/aromatic N) is 3. The molecule has 0 aromatic heterocycles. The molecule has 0 aliphatic carbocycles. The lowest BCUT2D eigenvalue weighted by Gasteiger charge is -2.25. The molecule has 2 heterocycles. The number of anilines is 1. The van der Waals surface area contributed by atoms with E-state index in [9.17, 15) is 0 Å². The van der Waals surface area contributed by atoms with E-state index in [0.717, 1.165) is 51.6 Å². The number of rotatable bonds is 5. The standard InChI is InChI=1S/C20H32N4O/c1-21-19(24-13-10-20(15-24)11-14-25-16-20)22-12-4-5-17-6-8-18(9-7-17)23(2)3/h6-9H,4-5,10-16H2,1-3H3,(H,21,22). The monoisotopic (exact) mass is 344 g/mol. The highest BCUT2D eigenvalue weighted by Gasteiger charge is 2.42. The summed E-state index contributed by atoms with van der Waals surface area (Å²) in [4.78, 5) is 9.02. The van der Waals surface area contributed by atoms with Gasteiger partial charge in [-0.05, 0) is 43.4 Å². The summed E-state index contributed by atoms with van der Waals surface area (Å²) in [6.45, 7) is 4.98. The fraction of sp³-hybridized carbons (Fsp3) is 0.650. The first kappa shape index (κ1) is 18.1. The Morgan fingerprint density at radius 3 is 2.72 bits per heavy atom. The second kappa shape index (κ2) is 8.09. The molecule has 2 aliphatic heterocycles. The van der Waals surface area contributed by atoms with Gasteiger partial charge < -0.3 is 19.9 Å². The first-order chi connectivity index (χ1) is 12.1. The third-order valence-electron chi connectivity index (χ3n) is 5.51. The van der Waals surface area contributed by atoms with E-state index in [1.54, 1.807) is 0 Å². The molecule has 1 unspecified atom stereocenters. The third kappa shape index (κ3) is 4.46. The molecule has 2 saturated heterocycles. The summed E-state index contributed by atoms with van der Waals surface area (Å²) in [6.07, 6.45) is 4.63. The number of nitrogens with one attached hydrogen (secondary N) is 1. The number of ether oxygens (including phenoxy) is 1. The maximum atomic E-state index is 5.62. The van der Waals surface area contributed by atoms with E-state index < -0.39 is 0 Å². The van der Waals surface area contributed by atoms with Gasteiger partial charge in [0.1, 0.15) is 0 Å². The Hall–Kier alpha value is -1.75. The van der Waals surface area contributed by atoms with Gasteiger partial charge in [-0.3, -0.25) is 4.99 Å². The van der Waals surface area contributed by atoms with Gasteiger partial charge >= 0.3 is 0 Å². The SMILES string of the molecule is CN=C(NCCCc1ccc(N(C)C)cc1)N1CCC2(CCOC2)C1. The summed E-state index contributed by atoms with van der Waals surface area (Å²) < 4.78 is 5.62. The zero-order valence-corrected chi connectivity index (χ0v) is 15.9. The molecule has 138 valence electrons. The second-order valence-corrected chi connectivity index (χ2v) is 7.61. The van der Waals surface area contributed by atoms with Gasteiger partial charge in [0.05, 0.1) is 6.61 Å². The van der Waals surface area contributed by atoms with Crippen molar-refractivity contribution in [2.24, 2.45) is 10.4 Å². The van der Waals surface area contributed by atoms with Gasteiger partial charge in [-0.1, -0.05) is 12.1 Å². The molecule has 0 radical (unpaired) electrons. The summed E-state index contributed by atoms with van der Waals surface area (Å²) >= 11 is 0. The van der Waals surface area contributed by atoms with Crippen LogP contribution >= 0.6 is 0 Å². The first-order valence-corrected chi connectivity index (χ1v) is 9.41. The molecular weight excluding hydrogens is 312 g/mol. The topological polar surface area (TPSA) is 40.1 Å². The maximum Gasteiger partial charge on any atom is 0.193 e. The zero-order valence-electron chi connectivity index (χ0n) is 15.9. The molecule has 1 aromatic carbocycles. The van der Waals surface area contributed by atoms with E-state index in [-0.39, 0.29) is 0 Å². The van der Waals surface area contributed by atoms with Crippen molar-refractivity contribution in [3.63, 3.8) is 0 Å². The van der Waals surface area contributed by atoms with Crippen LogP contribution < -0.4 is 10.2 Å². The average molecular weight is 345 g/mol. The first-order valence-electron chi connectivity index (χ1n) is 9.41.